The first-order chi connectivity index (χ1) is 16.5. The van der Waals surface area contributed by atoms with Crippen molar-refractivity contribution in [1.82, 2.24) is 14.9 Å². The maximum atomic E-state index is 13.1. The molecule has 9 heteroatoms. The Morgan fingerprint density at radius 3 is 2.62 bits per heavy atom. The Bertz CT molecular complexity index is 1440. The quantitative estimate of drug-likeness (QED) is 0.298. The number of rotatable bonds is 7. The number of nitrogens with one attached hydrogen (secondary N) is 2. The van der Waals surface area contributed by atoms with E-state index in [0.29, 0.717) is 26.6 Å². The molecule has 0 unspecified atom stereocenters. The minimum Gasteiger partial charge on any atom is -0.349 e. The maximum absolute atomic E-state index is 13.1. The third-order valence-electron chi connectivity index (χ3n) is 5.55. The molecule has 0 radical (unpaired) electrons. The number of hydrogen-bond donors (Lipinski definition) is 2. The zero-order valence-corrected chi connectivity index (χ0v) is 20.0. The number of hydrogen-bond acceptors (Lipinski definition) is 6. The number of thiophene rings is 1. The van der Waals surface area contributed by atoms with E-state index in [0.717, 1.165) is 24.0 Å². The Kier molecular flexibility index (Phi) is 6.21. The number of para-hydroxylation sites is 1. The predicted molar refractivity (Wildman–Crippen MR) is 137 cm³/mol. The van der Waals surface area contributed by atoms with E-state index < -0.39 is 0 Å². The van der Waals surface area contributed by atoms with Gasteiger partial charge in [-0.05, 0) is 30.5 Å². The van der Waals surface area contributed by atoms with Gasteiger partial charge in [0.25, 0.3) is 11.5 Å². The van der Waals surface area contributed by atoms with E-state index in [4.69, 9.17) is 0 Å². The lowest BCUT2D eigenvalue weighted by molar-refractivity contribution is -0.113. The fraction of sp³-hybridized carbons (Fsp3) is 0.200. The van der Waals surface area contributed by atoms with Gasteiger partial charge in [-0.15, -0.1) is 11.3 Å². The molecule has 0 saturated heterocycles. The summed E-state index contributed by atoms with van der Waals surface area (Å²) in [4.78, 5) is 43.6. The van der Waals surface area contributed by atoms with Crippen LogP contribution in [0.4, 0.5) is 5.69 Å². The van der Waals surface area contributed by atoms with Gasteiger partial charge in [0.05, 0.1) is 22.4 Å². The monoisotopic (exact) mass is 490 g/mol. The topological polar surface area (TPSA) is 93.1 Å². The summed E-state index contributed by atoms with van der Waals surface area (Å²) in [6.45, 7) is 0. The van der Waals surface area contributed by atoms with Crippen molar-refractivity contribution in [2.75, 3.05) is 11.1 Å². The summed E-state index contributed by atoms with van der Waals surface area (Å²) in [5.41, 5.74) is 2.59. The average molecular weight is 491 g/mol. The van der Waals surface area contributed by atoms with Gasteiger partial charge in [-0.2, -0.15) is 0 Å². The molecule has 0 atom stereocenters. The number of nitrogens with zero attached hydrogens (tertiary/aromatic N) is 2. The molecular weight excluding hydrogens is 468 g/mol. The summed E-state index contributed by atoms with van der Waals surface area (Å²) in [5.74, 6) is -0.406. The zero-order chi connectivity index (χ0) is 23.7. The van der Waals surface area contributed by atoms with Crippen LogP contribution in [0.2, 0.25) is 0 Å². The average Bonchev–Trinajstić information content (AvgIpc) is 3.56. The first kappa shape index (κ1) is 22.4. The molecule has 5 rings (SSSR count). The first-order valence-corrected chi connectivity index (χ1v) is 12.7. The number of fused-ring (bicyclic) bond motifs is 1. The number of aromatic nitrogens is 2. The Balaban J connectivity index is 1.32. The van der Waals surface area contributed by atoms with Gasteiger partial charge in [0.2, 0.25) is 5.91 Å². The van der Waals surface area contributed by atoms with E-state index in [1.165, 1.54) is 27.7 Å². The lowest BCUT2D eigenvalue weighted by Gasteiger charge is -2.11. The summed E-state index contributed by atoms with van der Waals surface area (Å²) in [6, 6.07) is 16.9. The fourth-order valence-corrected chi connectivity index (χ4v) is 5.37. The molecule has 0 aliphatic heterocycles. The van der Waals surface area contributed by atoms with Crippen molar-refractivity contribution < 1.29 is 9.59 Å². The zero-order valence-electron chi connectivity index (χ0n) is 18.4. The van der Waals surface area contributed by atoms with Gasteiger partial charge in [0, 0.05) is 24.0 Å². The summed E-state index contributed by atoms with van der Waals surface area (Å²) < 4.78 is 1.48. The van der Waals surface area contributed by atoms with Gasteiger partial charge < -0.3 is 10.6 Å². The second-order valence-corrected chi connectivity index (χ2v) is 9.88. The van der Waals surface area contributed by atoms with E-state index >= 15 is 0 Å². The minimum atomic E-state index is -0.276. The molecule has 1 saturated carbocycles. The van der Waals surface area contributed by atoms with Crippen LogP contribution in [0.25, 0.3) is 21.3 Å². The molecule has 4 aromatic rings. The van der Waals surface area contributed by atoms with Crippen molar-refractivity contribution in [1.29, 1.82) is 0 Å². The molecule has 34 heavy (non-hydrogen) atoms. The highest BCUT2D eigenvalue weighted by atomic mass is 32.2. The van der Waals surface area contributed by atoms with Crippen LogP contribution in [-0.4, -0.2) is 33.2 Å². The van der Waals surface area contributed by atoms with E-state index in [1.54, 1.807) is 31.3 Å². The summed E-state index contributed by atoms with van der Waals surface area (Å²) >= 11 is 2.60. The van der Waals surface area contributed by atoms with Crippen LogP contribution in [0.15, 0.2) is 69.9 Å². The number of anilines is 1. The molecule has 172 valence electrons. The van der Waals surface area contributed by atoms with E-state index in [1.807, 2.05) is 35.7 Å². The van der Waals surface area contributed by atoms with Gasteiger partial charge in [0.15, 0.2) is 5.16 Å². The molecule has 0 spiro atoms. The molecule has 2 N–H and O–H groups in total. The van der Waals surface area contributed by atoms with Gasteiger partial charge in [-0.3, -0.25) is 19.0 Å². The van der Waals surface area contributed by atoms with Crippen LogP contribution >= 0.6 is 23.1 Å². The molecule has 2 amide bonds. The number of carbonyl (C=O) groups excluding carboxylic acids is 2. The van der Waals surface area contributed by atoms with Gasteiger partial charge in [-0.25, -0.2) is 4.98 Å². The van der Waals surface area contributed by atoms with Crippen LogP contribution in [-0.2, 0) is 11.8 Å². The molecule has 1 aliphatic rings. The second kappa shape index (κ2) is 9.44. The Labute approximate surface area is 204 Å². The first-order valence-electron chi connectivity index (χ1n) is 10.9. The largest absolute Gasteiger partial charge is 0.349 e. The normalized spacial score (nSPS) is 13.1. The molecule has 1 aliphatic carbocycles. The van der Waals surface area contributed by atoms with Crippen LogP contribution < -0.4 is 16.2 Å². The van der Waals surface area contributed by atoms with Crippen LogP contribution in [0.5, 0.6) is 0 Å². The van der Waals surface area contributed by atoms with Crippen molar-refractivity contribution in [3.8, 4) is 11.1 Å². The van der Waals surface area contributed by atoms with Crippen molar-refractivity contribution in [2.24, 2.45) is 7.05 Å². The third kappa shape index (κ3) is 4.62. The van der Waals surface area contributed by atoms with Crippen LogP contribution in [0, 0.1) is 0 Å². The minimum absolute atomic E-state index is 0.0568. The molecular formula is C25H22N4O3S2. The Morgan fingerprint density at radius 2 is 1.85 bits per heavy atom. The highest BCUT2D eigenvalue weighted by Gasteiger charge is 2.25. The van der Waals surface area contributed by atoms with Crippen molar-refractivity contribution in [3.63, 3.8) is 0 Å². The van der Waals surface area contributed by atoms with Gasteiger partial charge >= 0.3 is 0 Å². The highest BCUT2D eigenvalue weighted by Crippen LogP contribution is 2.32. The van der Waals surface area contributed by atoms with E-state index in [2.05, 4.69) is 15.6 Å². The summed E-state index contributed by atoms with van der Waals surface area (Å²) in [6.07, 6.45) is 1.98. The maximum Gasteiger partial charge on any atom is 0.263 e. The smallest absolute Gasteiger partial charge is 0.263 e. The molecule has 1 fully saturated rings. The Hall–Kier alpha value is -3.43. The lowest BCUT2D eigenvalue weighted by atomic mass is 10.1. The van der Waals surface area contributed by atoms with Gasteiger partial charge in [0.1, 0.15) is 4.83 Å². The fourth-order valence-electron chi connectivity index (χ4n) is 3.61. The van der Waals surface area contributed by atoms with Crippen LogP contribution in [0.1, 0.15) is 23.2 Å². The van der Waals surface area contributed by atoms with Gasteiger partial charge in [-0.1, -0.05) is 54.2 Å². The molecule has 2 heterocycles. The Morgan fingerprint density at radius 1 is 1.12 bits per heavy atom. The number of thioether (sulfide) groups is 1. The standard InChI is InChI=1S/C25H22N4O3S2/c1-29-24(32)21-18(15-7-3-2-4-8-15)13-33-23(21)28-25(29)34-14-20(30)27-19-10-6-5-9-17(19)22(31)26-16-11-12-16/h2-10,13,16H,11-12,14H2,1H3,(H,26,31)(H,27,30). The lowest BCUT2D eigenvalue weighted by Crippen LogP contribution is -2.27. The predicted octanol–water partition coefficient (Wildman–Crippen LogP) is 4.29. The van der Waals surface area contributed by atoms with Crippen molar-refractivity contribution >= 4 is 50.8 Å². The van der Waals surface area contributed by atoms with E-state index in [-0.39, 0.29) is 29.2 Å². The third-order valence-corrected chi connectivity index (χ3v) is 7.45. The molecule has 7 nitrogen and oxygen atoms in total. The van der Waals surface area contributed by atoms with Crippen molar-refractivity contribution in [2.45, 2.75) is 24.0 Å². The molecule has 0 bridgehead atoms. The van der Waals surface area contributed by atoms with Crippen LogP contribution in [0.3, 0.4) is 0 Å². The summed E-state index contributed by atoms with van der Waals surface area (Å²) in [7, 11) is 1.67. The molecule has 2 aromatic carbocycles. The number of amides is 2. The van der Waals surface area contributed by atoms with E-state index in [9.17, 15) is 14.4 Å². The SMILES string of the molecule is Cn1c(SCC(=O)Nc2ccccc2C(=O)NC2CC2)nc2scc(-c3ccccc3)c2c1=O. The highest BCUT2D eigenvalue weighted by molar-refractivity contribution is 7.99. The molecule has 2 aromatic heterocycles. The number of benzene rings is 2. The van der Waals surface area contributed by atoms with Crippen molar-refractivity contribution in [3.05, 3.63) is 75.9 Å². The number of carbonyl (C=O) groups is 2. The summed E-state index contributed by atoms with van der Waals surface area (Å²) in [5, 5.41) is 8.76. The second-order valence-electron chi connectivity index (χ2n) is 8.08.